The van der Waals surface area contributed by atoms with Gasteiger partial charge < -0.3 is 15.2 Å². The Labute approximate surface area is 181 Å². The van der Waals surface area contributed by atoms with Crippen LogP contribution in [0.2, 0.25) is 0 Å². The fourth-order valence-corrected chi connectivity index (χ4v) is 5.22. The van der Waals surface area contributed by atoms with Crippen molar-refractivity contribution in [1.82, 2.24) is 9.97 Å². The number of fused-ring (bicyclic) bond motifs is 1. The number of aromatic nitrogens is 2. The Kier molecular flexibility index (Phi) is 5.63. The van der Waals surface area contributed by atoms with Crippen molar-refractivity contribution in [1.29, 1.82) is 0 Å². The molecule has 2 N–H and O–H groups in total. The van der Waals surface area contributed by atoms with Gasteiger partial charge in [-0.15, -0.1) is 11.3 Å². The Morgan fingerprint density at radius 2 is 1.80 bits per heavy atom. The van der Waals surface area contributed by atoms with E-state index >= 15 is 0 Å². The lowest BCUT2D eigenvalue weighted by Gasteiger charge is -2.13. The third kappa shape index (κ3) is 5.07. The molecule has 0 bridgehead atoms. The van der Waals surface area contributed by atoms with Crippen molar-refractivity contribution in [2.45, 2.75) is 20.0 Å². The first kappa shape index (κ1) is 20.6. The second kappa shape index (κ2) is 8.21. The molecule has 0 amide bonds. The van der Waals surface area contributed by atoms with Crippen LogP contribution in [0.25, 0.3) is 10.2 Å². The number of pyridine rings is 1. The molecule has 0 unspecified atom stereocenters. The van der Waals surface area contributed by atoms with Gasteiger partial charge in [-0.3, -0.25) is 0 Å². The SMILES string of the molecule is Cc1nc2cc(Nc3cc(Nc4cccc(CP(C)(C)=O)c4)ncc3C)ccc2s1. The highest BCUT2D eigenvalue weighted by molar-refractivity contribution is 7.61. The smallest absolute Gasteiger partial charge is 0.132 e. The number of hydrogen-bond acceptors (Lipinski definition) is 6. The Morgan fingerprint density at radius 1 is 1.00 bits per heavy atom. The number of aryl methyl sites for hydroxylation is 2. The topological polar surface area (TPSA) is 66.9 Å². The normalized spacial score (nSPS) is 11.6. The number of thiazole rings is 1. The molecule has 0 aliphatic heterocycles. The number of nitrogens with one attached hydrogen (secondary N) is 2. The van der Waals surface area contributed by atoms with Crippen molar-refractivity contribution in [3.8, 4) is 0 Å². The van der Waals surface area contributed by atoms with Gasteiger partial charge in [-0.05, 0) is 68.6 Å². The molecular formula is C23H25N4OPS. The molecule has 2 aromatic heterocycles. The summed E-state index contributed by atoms with van der Waals surface area (Å²) in [6, 6.07) is 16.3. The van der Waals surface area contributed by atoms with E-state index in [2.05, 4.69) is 38.8 Å². The maximum absolute atomic E-state index is 12.1. The molecule has 0 spiro atoms. The van der Waals surface area contributed by atoms with E-state index < -0.39 is 7.14 Å². The number of hydrogen-bond donors (Lipinski definition) is 2. The summed E-state index contributed by atoms with van der Waals surface area (Å²) in [6.45, 7) is 7.69. The van der Waals surface area contributed by atoms with Crippen LogP contribution in [0.3, 0.4) is 0 Å². The zero-order chi connectivity index (χ0) is 21.3. The minimum Gasteiger partial charge on any atom is -0.355 e. The molecule has 0 saturated carbocycles. The van der Waals surface area contributed by atoms with Crippen molar-refractivity contribution in [3.05, 3.63) is 70.9 Å². The fourth-order valence-electron chi connectivity index (χ4n) is 3.34. The molecule has 7 heteroatoms. The summed E-state index contributed by atoms with van der Waals surface area (Å²) in [7, 11) is -2.12. The zero-order valence-corrected chi connectivity index (χ0v) is 19.3. The summed E-state index contributed by atoms with van der Waals surface area (Å²) in [5.41, 5.74) is 6.04. The molecule has 4 rings (SSSR count). The minimum atomic E-state index is -2.12. The molecule has 0 saturated heterocycles. The van der Waals surface area contributed by atoms with Crippen molar-refractivity contribution >= 4 is 51.6 Å². The minimum absolute atomic E-state index is 0.592. The van der Waals surface area contributed by atoms with Crippen LogP contribution in [0.5, 0.6) is 0 Å². The molecule has 0 fully saturated rings. The Morgan fingerprint density at radius 3 is 2.60 bits per heavy atom. The van der Waals surface area contributed by atoms with Gasteiger partial charge in [-0.25, -0.2) is 9.97 Å². The van der Waals surface area contributed by atoms with Gasteiger partial charge >= 0.3 is 0 Å². The molecule has 0 atom stereocenters. The predicted octanol–water partition coefficient (Wildman–Crippen LogP) is 6.92. The van der Waals surface area contributed by atoms with Gasteiger partial charge in [-0.2, -0.15) is 0 Å². The standard InChI is InChI=1S/C23H25N4OPS/c1-15-13-24-23(27-18-7-5-6-17(10-18)14-29(3,4)28)12-20(15)26-19-8-9-22-21(11-19)25-16(2)30-22/h5-13H,14H2,1-4H3,(H2,24,26,27). The van der Waals surface area contributed by atoms with Crippen LogP contribution in [-0.2, 0) is 10.7 Å². The summed E-state index contributed by atoms with van der Waals surface area (Å²) >= 11 is 1.70. The van der Waals surface area contributed by atoms with Crippen molar-refractivity contribution in [3.63, 3.8) is 0 Å². The summed E-state index contributed by atoms with van der Waals surface area (Å²) < 4.78 is 13.3. The average Bonchev–Trinajstić information content (AvgIpc) is 3.03. The fraction of sp³-hybridized carbons (Fsp3) is 0.217. The van der Waals surface area contributed by atoms with E-state index in [4.69, 9.17) is 0 Å². The molecule has 0 radical (unpaired) electrons. The lowest BCUT2D eigenvalue weighted by atomic mass is 10.2. The van der Waals surface area contributed by atoms with Crippen LogP contribution in [-0.4, -0.2) is 23.3 Å². The maximum atomic E-state index is 12.1. The second-order valence-electron chi connectivity index (χ2n) is 7.98. The highest BCUT2D eigenvalue weighted by Gasteiger charge is 2.10. The van der Waals surface area contributed by atoms with Gasteiger partial charge in [0.15, 0.2) is 0 Å². The van der Waals surface area contributed by atoms with E-state index in [1.54, 1.807) is 11.3 Å². The first-order valence-electron chi connectivity index (χ1n) is 9.76. The molecule has 2 aromatic carbocycles. The van der Waals surface area contributed by atoms with E-state index in [1.807, 2.05) is 63.7 Å². The quantitative estimate of drug-likeness (QED) is 0.321. The number of anilines is 4. The molecule has 0 aliphatic rings. The zero-order valence-electron chi connectivity index (χ0n) is 17.6. The Balaban J connectivity index is 1.55. The van der Waals surface area contributed by atoms with E-state index in [0.29, 0.717) is 6.16 Å². The summed E-state index contributed by atoms with van der Waals surface area (Å²) in [4.78, 5) is 9.10. The van der Waals surface area contributed by atoms with E-state index in [9.17, 15) is 4.57 Å². The third-order valence-electron chi connectivity index (χ3n) is 4.64. The van der Waals surface area contributed by atoms with Crippen molar-refractivity contribution < 1.29 is 4.57 Å². The molecule has 5 nitrogen and oxygen atoms in total. The van der Waals surface area contributed by atoms with Crippen molar-refractivity contribution in [2.24, 2.45) is 0 Å². The third-order valence-corrected chi connectivity index (χ3v) is 6.72. The van der Waals surface area contributed by atoms with Crippen LogP contribution < -0.4 is 10.6 Å². The molecule has 30 heavy (non-hydrogen) atoms. The van der Waals surface area contributed by atoms with Crippen LogP contribution in [0, 0.1) is 13.8 Å². The van der Waals surface area contributed by atoms with Crippen LogP contribution in [0.15, 0.2) is 54.7 Å². The first-order valence-corrected chi connectivity index (χ1v) is 13.4. The number of benzene rings is 2. The van der Waals surface area contributed by atoms with E-state index in [1.165, 1.54) is 4.70 Å². The molecule has 2 heterocycles. The number of rotatable bonds is 6. The summed E-state index contributed by atoms with van der Waals surface area (Å²) in [5, 5.41) is 7.92. The maximum Gasteiger partial charge on any atom is 0.132 e. The molecular weight excluding hydrogens is 411 g/mol. The lowest BCUT2D eigenvalue weighted by molar-refractivity contribution is 0.582. The molecule has 4 aromatic rings. The highest BCUT2D eigenvalue weighted by Crippen LogP contribution is 2.40. The van der Waals surface area contributed by atoms with Gasteiger partial charge in [0.2, 0.25) is 0 Å². The Bertz CT molecular complexity index is 1260. The van der Waals surface area contributed by atoms with E-state index in [-0.39, 0.29) is 0 Å². The Hall–Kier alpha value is -2.69. The van der Waals surface area contributed by atoms with Gasteiger partial charge in [0, 0.05) is 35.5 Å². The average molecular weight is 437 g/mol. The van der Waals surface area contributed by atoms with E-state index in [0.717, 1.165) is 44.5 Å². The summed E-state index contributed by atoms with van der Waals surface area (Å²) in [5.74, 6) is 0.752. The van der Waals surface area contributed by atoms with Crippen LogP contribution in [0.1, 0.15) is 16.1 Å². The van der Waals surface area contributed by atoms with Gasteiger partial charge in [0.25, 0.3) is 0 Å². The van der Waals surface area contributed by atoms with Gasteiger partial charge in [-0.1, -0.05) is 12.1 Å². The largest absolute Gasteiger partial charge is 0.355 e. The number of nitrogens with zero attached hydrogens (tertiary/aromatic N) is 2. The monoisotopic (exact) mass is 436 g/mol. The van der Waals surface area contributed by atoms with Gasteiger partial charge in [0.05, 0.1) is 22.4 Å². The first-order chi connectivity index (χ1) is 14.2. The van der Waals surface area contributed by atoms with Gasteiger partial charge in [0.1, 0.15) is 5.82 Å². The second-order valence-corrected chi connectivity index (χ2v) is 12.7. The van der Waals surface area contributed by atoms with Crippen molar-refractivity contribution in [2.75, 3.05) is 24.0 Å². The van der Waals surface area contributed by atoms with Crippen LogP contribution >= 0.6 is 18.5 Å². The molecule has 154 valence electrons. The summed E-state index contributed by atoms with van der Waals surface area (Å²) in [6.07, 6.45) is 2.45. The lowest BCUT2D eigenvalue weighted by Crippen LogP contribution is -1.99. The van der Waals surface area contributed by atoms with Crippen LogP contribution in [0.4, 0.5) is 22.9 Å². The highest BCUT2D eigenvalue weighted by atomic mass is 32.1. The predicted molar refractivity (Wildman–Crippen MR) is 129 cm³/mol. The molecule has 0 aliphatic carbocycles.